The van der Waals surface area contributed by atoms with Crippen molar-refractivity contribution in [3.63, 3.8) is 0 Å². The molecular weight excluding hydrogens is 320 g/mol. The zero-order valence-electron chi connectivity index (χ0n) is 12.2. The van der Waals surface area contributed by atoms with Crippen molar-refractivity contribution >= 4 is 35.0 Å². The summed E-state index contributed by atoms with van der Waals surface area (Å²) < 4.78 is 5.13. The number of amides is 1. The van der Waals surface area contributed by atoms with E-state index in [1.807, 2.05) is 0 Å². The summed E-state index contributed by atoms with van der Waals surface area (Å²) >= 11 is 5.89. The maximum absolute atomic E-state index is 12.0. The third-order valence-corrected chi connectivity index (χ3v) is 3.20. The number of hydrogen-bond acceptors (Lipinski definition) is 4. The third kappa shape index (κ3) is 4.31. The lowest BCUT2D eigenvalue weighted by atomic mass is 10.1. The first kappa shape index (κ1) is 16.5. The first-order chi connectivity index (χ1) is 11.0. The number of para-hydroxylation sites is 1. The van der Waals surface area contributed by atoms with E-state index in [1.165, 1.54) is 25.3 Å². The van der Waals surface area contributed by atoms with E-state index in [4.69, 9.17) is 16.3 Å². The van der Waals surface area contributed by atoms with Crippen LogP contribution in [0.25, 0.3) is 6.08 Å². The van der Waals surface area contributed by atoms with Crippen LogP contribution in [0.15, 0.2) is 48.5 Å². The minimum absolute atomic E-state index is 0.0723. The van der Waals surface area contributed by atoms with Crippen LogP contribution in [0.1, 0.15) is 5.56 Å². The average molecular weight is 333 g/mol. The first-order valence-corrected chi connectivity index (χ1v) is 6.95. The molecule has 0 radical (unpaired) electrons. The summed E-state index contributed by atoms with van der Waals surface area (Å²) in [5.74, 6) is 0.00515. The molecule has 0 aliphatic heterocycles. The molecule has 0 atom stereocenters. The van der Waals surface area contributed by atoms with E-state index in [-0.39, 0.29) is 5.69 Å². The number of nitrogens with zero attached hydrogens (tertiary/aromatic N) is 1. The fourth-order valence-electron chi connectivity index (χ4n) is 1.91. The molecule has 2 aromatic rings. The highest BCUT2D eigenvalue weighted by Gasteiger charge is 2.10. The second-order valence-corrected chi connectivity index (χ2v) is 4.92. The Morgan fingerprint density at radius 2 is 2.04 bits per heavy atom. The van der Waals surface area contributed by atoms with E-state index >= 15 is 0 Å². The van der Waals surface area contributed by atoms with Gasteiger partial charge in [0, 0.05) is 17.2 Å². The highest BCUT2D eigenvalue weighted by atomic mass is 35.5. The fraction of sp³-hybridized carbons (Fsp3) is 0.0625. The molecule has 1 N–H and O–H groups in total. The highest BCUT2D eigenvalue weighted by Crippen LogP contribution is 2.27. The molecule has 0 unspecified atom stereocenters. The Balaban J connectivity index is 2.17. The molecule has 0 saturated carbocycles. The molecule has 2 aromatic carbocycles. The molecule has 0 spiro atoms. The van der Waals surface area contributed by atoms with Crippen LogP contribution in [-0.2, 0) is 4.79 Å². The van der Waals surface area contributed by atoms with Gasteiger partial charge in [0.15, 0.2) is 0 Å². The number of hydrogen-bond donors (Lipinski definition) is 1. The summed E-state index contributed by atoms with van der Waals surface area (Å²) in [6, 6.07) is 11.0. The van der Waals surface area contributed by atoms with Crippen LogP contribution < -0.4 is 10.1 Å². The van der Waals surface area contributed by atoms with Gasteiger partial charge in [-0.1, -0.05) is 23.7 Å². The Hall–Kier alpha value is -2.86. The molecular formula is C16H13ClN2O4. The number of anilines is 1. The first-order valence-electron chi connectivity index (χ1n) is 6.57. The predicted octanol–water partition coefficient (Wildman–Crippen LogP) is 3.91. The van der Waals surface area contributed by atoms with Crippen molar-refractivity contribution in [1.82, 2.24) is 0 Å². The lowest BCUT2D eigenvalue weighted by molar-refractivity contribution is -0.385. The van der Waals surface area contributed by atoms with Crippen molar-refractivity contribution < 1.29 is 14.5 Å². The number of ether oxygens (including phenoxy) is 1. The number of nitro groups is 1. The number of halogens is 1. The van der Waals surface area contributed by atoms with Gasteiger partial charge in [-0.15, -0.1) is 0 Å². The van der Waals surface area contributed by atoms with E-state index < -0.39 is 10.8 Å². The second-order valence-electron chi connectivity index (χ2n) is 4.48. The normalized spacial score (nSPS) is 10.5. The number of methoxy groups -OCH3 is 1. The fourth-order valence-corrected chi connectivity index (χ4v) is 2.08. The summed E-state index contributed by atoms with van der Waals surface area (Å²) in [6.45, 7) is 0. The van der Waals surface area contributed by atoms with Gasteiger partial charge < -0.3 is 10.1 Å². The molecule has 0 bridgehead atoms. The maximum atomic E-state index is 12.0. The summed E-state index contributed by atoms with van der Waals surface area (Å²) in [7, 11) is 1.47. The molecule has 0 heterocycles. The van der Waals surface area contributed by atoms with Crippen LogP contribution in [0, 0.1) is 10.1 Å². The van der Waals surface area contributed by atoms with Crippen molar-refractivity contribution in [3.8, 4) is 5.75 Å². The molecule has 0 fully saturated rings. The van der Waals surface area contributed by atoms with Gasteiger partial charge in [-0.05, 0) is 30.3 Å². The van der Waals surface area contributed by atoms with Crippen LogP contribution in [0.5, 0.6) is 5.75 Å². The second kappa shape index (κ2) is 7.42. The third-order valence-electron chi connectivity index (χ3n) is 2.97. The number of rotatable bonds is 5. The Morgan fingerprint density at radius 1 is 1.30 bits per heavy atom. The van der Waals surface area contributed by atoms with Crippen molar-refractivity contribution in [2.24, 2.45) is 0 Å². The minimum Gasteiger partial charge on any atom is -0.495 e. The topological polar surface area (TPSA) is 81.5 Å². The number of carbonyl (C=O) groups is 1. The summed E-state index contributed by atoms with van der Waals surface area (Å²) in [4.78, 5) is 22.4. The van der Waals surface area contributed by atoms with Gasteiger partial charge >= 0.3 is 0 Å². The van der Waals surface area contributed by atoms with Crippen LogP contribution >= 0.6 is 11.6 Å². The standard InChI is InChI=1S/C16H13ClN2O4/c1-23-15-8-7-12(17)10-13(15)18-16(20)9-6-11-4-2-3-5-14(11)19(21)22/h2-10H,1H3,(H,18,20). The predicted molar refractivity (Wildman–Crippen MR) is 88.8 cm³/mol. The zero-order chi connectivity index (χ0) is 16.8. The number of carbonyl (C=O) groups excluding carboxylic acids is 1. The molecule has 23 heavy (non-hydrogen) atoms. The van der Waals surface area contributed by atoms with Crippen molar-refractivity contribution in [2.75, 3.05) is 12.4 Å². The number of benzene rings is 2. The van der Waals surface area contributed by atoms with Crippen molar-refractivity contribution in [3.05, 3.63) is 69.2 Å². The quantitative estimate of drug-likeness (QED) is 0.511. The van der Waals surface area contributed by atoms with Crippen LogP contribution in [0.4, 0.5) is 11.4 Å². The molecule has 1 amide bonds. The Morgan fingerprint density at radius 3 is 2.74 bits per heavy atom. The van der Waals surface area contributed by atoms with E-state index in [9.17, 15) is 14.9 Å². The Labute approximate surface area is 137 Å². The largest absolute Gasteiger partial charge is 0.495 e. The summed E-state index contributed by atoms with van der Waals surface area (Å²) in [5.41, 5.74) is 0.680. The molecule has 118 valence electrons. The van der Waals surface area contributed by atoms with E-state index in [1.54, 1.807) is 36.4 Å². The zero-order valence-corrected chi connectivity index (χ0v) is 12.9. The van der Waals surface area contributed by atoms with E-state index in [0.29, 0.717) is 22.0 Å². The van der Waals surface area contributed by atoms with Gasteiger partial charge in [0.25, 0.3) is 5.69 Å². The minimum atomic E-state index is -0.502. The van der Waals surface area contributed by atoms with Gasteiger partial charge in [-0.3, -0.25) is 14.9 Å². The van der Waals surface area contributed by atoms with Crippen LogP contribution in [-0.4, -0.2) is 17.9 Å². The SMILES string of the molecule is COc1ccc(Cl)cc1NC(=O)C=Cc1ccccc1[N+](=O)[O-]. The van der Waals surface area contributed by atoms with Gasteiger partial charge in [-0.25, -0.2) is 0 Å². The summed E-state index contributed by atoms with van der Waals surface area (Å²) in [5, 5.41) is 14.0. The smallest absolute Gasteiger partial charge is 0.276 e. The molecule has 2 rings (SSSR count). The van der Waals surface area contributed by atoms with Crippen molar-refractivity contribution in [1.29, 1.82) is 0 Å². The van der Waals surface area contributed by atoms with Gasteiger partial charge in [0.2, 0.25) is 5.91 Å². The lowest BCUT2D eigenvalue weighted by Crippen LogP contribution is -2.09. The average Bonchev–Trinajstić information content (AvgIpc) is 2.53. The lowest BCUT2D eigenvalue weighted by Gasteiger charge is -2.08. The Kier molecular flexibility index (Phi) is 5.32. The van der Waals surface area contributed by atoms with E-state index in [2.05, 4.69) is 5.32 Å². The van der Waals surface area contributed by atoms with Crippen LogP contribution in [0.2, 0.25) is 5.02 Å². The summed E-state index contributed by atoms with van der Waals surface area (Å²) in [6.07, 6.45) is 2.59. The molecule has 0 aliphatic carbocycles. The van der Waals surface area contributed by atoms with Gasteiger partial charge in [0.05, 0.1) is 23.3 Å². The number of nitrogens with one attached hydrogen (secondary N) is 1. The number of nitro benzene ring substituents is 1. The maximum Gasteiger partial charge on any atom is 0.276 e. The van der Waals surface area contributed by atoms with Gasteiger partial charge in [-0.2, -0.15) is 0 Å². The highest BCUT2D eigenvalue weighted by molar-refractivity contribution is 6.31. The Bertz CT molecular complexity index is 774. The van der Waals surface area contributed by atoms with Gasteiger partial charge in [0.1, 0.15) is 5.75 Å². The van der Waals surface area contributed by atoms with Crippen LogP contribution in [0.3, 0.4) is 0 Å². The molecule has 7 heteroatoms. The van der Waals surface area contributed by atoms with E-state index in [0.717, 1.165) is 0 Å². The molecule has 0 saturated heterocycles. The van der Waals surface area contributed by atoms with Crippen molar-refractivity contribution in [2.45, 2.75) is 0 Å². The molecule has 6 nitrogen and oxygen atoms in total. The molecule has 0 aromatic heterocycles. The molecule has 0 aliphatic rings. The monoisotopic (exact) mass is 332 g/mol.